The van der Waals surface area contributed by atoms with Crippen molar-refractivity contribution in [1.82, 2.24) is 10.2 Å². The fourth-order valence-electron chi connectivity index (χ4n) is 3.47. The molecular formula is C26H22ClN3O3. The summed E-state index contributed by atoms with van der Waals surface area (Å²) in [6.07, 6.45) is 0.544. The topological polar surface area (TPSA) is 78.5 Å². The highest BCUT2D eigenvalue weighted by atomic mass is 35.5. The van der Waals surface area contributed by atoms with Gasteiger partial charge in [-0.2, -0.15) is 0 Å². The maximum atomic E-state index is 12.8. The van der Waals surface area contributed by atoms with E-state index in [1.54, 1.807) is 24.3 Å². The minimum Gasteiger partial charge on any atom is -0.350 e. The second-order valence-electron chi connectivity index (χ2n) is 7.56. The van der Waals surface area contributed by atoms with Crippen molar-refractivity contribution in [1.29, 1.82) is 0 Å². The van der Waals surface area contributed by atoms with Crippen LogP contribution in [0.4, 0.5) is 5.69 Å². The number of nitrogens with zero attached hydrogens (tertiary/aromatic N) is 1. The lowest BCUT2D eigenvalue weighted by molar-refractivity contribution is -0.137. The number of hydrogen-bond acceptors (Lipinski definition) is 4. The summed E-state index contributed by atoms with van der Waals surface area (Å²) >= 11 is 6.17. The van der Waals surface area contributed by atoms with Gasteiger partial charge in [-0.3, -0.25) is 19.3 Å². The first-order valence-corrected chi connectivity index (χ1v) is 10.9. The van der Waals surface area contributed by atoms with Crippen molar-refractivity contribution >= 4 is 35.0 Å². The molecule has 3 aromatic rings. The summed E-state index contributed by atoms with van der Waals surface area (Å²) in [5.41, 5.74) is 3.10. The number of carbonyl (C=O) groups excluding carboxylic acids is 3. The molecular weight excluding hydrogens is 438 g/mol. The van der Waals surface area contributed by atoms with Crippen LogP contribution < -0.4 is 10.6 Å². The first-order valence-electron chi connectivity index (χ1n) is 10.5. The maximum Gasteiger partial charge on any atom is 0.278 e. The number of benzene rings is 3. The van der Waals surface area contributed by atoms with Gasteiger partial charge >= 0.3 is 0 Å². The van der Waals surface area contributed by atoms with E-state index in [4.69, 9.17) is 11.6 Å². The van der Waals surface area contributed by atoms with Gasteiger partial charge in [0.2, 0.25) is 0 Å². The molecule has 0 unspecified atom stereocenters. The quantitative estimate of drug-likeness (QED) is 0.497. The van der Waals surface area contributed by atoms with Crippen molar-refractivity contribution in [3.63, 3.8) is 0 Å². The van der Waals surface area contributed by atoms with Crippen molar-refractivity contribution in [2.75, 3.05) is 11.9 Å². The summed E-state index contributed by atoms with van der Waals surface area (Å²) in [5.74, 6) is -1.19. The number of halogens is 1. The van der Waals surface area contributed by atoms with Gasteiger partial charge in [0.25, 0.3) is 17.7 Å². The third-order valence-corrected chi connectivity index (χ3v) is 5.64. The Morgan fingerprint density at radius 1 is 0.788 bits per heavy atom. The lowest BCUT2D eigenvalue weighted by Crippen LogP contribution is -2.34. The molecule has 33 heavy (non-hydrogen) atoms. The number of imide groups is 1. The average Bonchev–Trinajstić information content (AvgIpc) is 3.05. The molecule has 0 saturated heterocycles. The van der Waals surface area contributed by atoms with E-state index < -0.39 is 11.8 Å². The number of rotatable bonds is 8. The molecule has 1 heterocycles. The van der Waals surface area contributed by atoms with E-state index in [2.05, 4.69) is 10.6 Å². The Bertz CT molecular complexity index is 1190. The fourth-order valence-corrected chi connectivity index (χ4v) is 3.70. The molecule has 3 amide bonds. The van der Waals surface area contributed by atoms with E-state index in [9.17, 15) is 14.4 Å². The van der Waals surface area contributed by atoms with Gasteiger partial charge in [-0.15, -0.1) is 0 Å². The SMILES string of the molecule is O=C(NCc1ccccc1)c1ccc(NC2=C(Cl)C(=O)N(CCc3ccccc3)C2=O)cc1. The van der Waals surface area contributed by atoms with Crippen LogP contribution in [0, 0.1) is 0 Å². The normalized spacial score (nSPS) is 13.4. The summed E-state index contributed by atoms with van der Waals surface area (Å²) in [5, 5.41) is 5.65. The van der Waals surface area contributed by atoms with Crippen molar-refractivity contribution in [2.24, 2.45) is 0 Å². The van der Waals surface area contributed by atoms with Gasteiger partial charge in [0.1, 0.15) is 10.7 Å². The van der Waals surface area contributed by atoms with Crippen molar-refractivity contribution < 1.29 is 14.4 Å². The Labute approximate surface area is 196 Å². The first-order chi connectivity index (χ1) is 16.0. The average molecular weight is 460 g/mol. The third kappa shape index (κ3) is 5.30. The Hall–Kier alpha value is -3.90. The van der Waals surface area contributed by atoms with Crippen LogP contribution in [0.1, 0.15) is 21.5 Å². The van der Waals surface area contributed by atoms with Gasteiger partial charge in [0.15, 0.2) is 0 Å². The number of amides is 3. The summed E-state index contributed by atoms with van der Waals surface area (Å²) in [6.45, 7) is 0.668. The number of anilines is 1. The van der Waals surface area contributed by atoms with Crippen LogP contribution in [0.3, 0.4) is 0 Å². The maximum absolute atomic E-state index is 12.8. The summed E-state index contributed by atoms with van der Waals surface area (Å²) in [7, 11) is 0. The molecule has 0 saturated carbocycles. The number of nitrogens with one attached hydrogen (secondary N) is 2. The van der Waals surface area contributed by atoms with Crippen LogP contribution in [0.25, 0.3) is 0 Å². The Balaban J connectivity index is 1.36. The molecule has 0 atom stereocenters. The smallest absolute Gasteiger partial charge is 0.278 e. The molecule has 0 spiro atoms. The lowest BCUT2D eigenvalue weighted by Gasteiger charge is -2.15. The Morgan fingerprint density at radius 2 is 1.39 bits per heavy atom. The van der Waals surface area contributed by atoms with Crippen LogP contribution in [0.5, 0.6) is 0 Å². The molecule has 0 radical (unpaired) electrons. The molecule has 4 rings (SSSR count). The van der Waals surface area contributed by atoms with Crippen LogP contribution >= 0.6 is 11.6 Å². The summed E-state index contributed by atoms with van der Waals surface area (Å²) in [4.78, 5) is 38.8. The zero-order valence-electron chi connectivity index (χ0n) is 17.8. The molecule has 6 nitrogen and oxygen atoms in total. The molecule has 0 aliphatic carbocycles. The largest absolute Gasteiger partial charge is 0.350 e. The van der Waals surface area contributed by atoms with E-state index in [1.807, 2.05) is 60.7 Å². The highest BCUT2D eigenvalue weighted by Crippen LogP contribution is 2.26. The molecule has 7 heteroatoms. The number of hydrogen-bond donors (Lipinski definition) is 2. The van der Waals surface area contributed by atoms with Crippen LogP contribution in [0.15, 0.2) is 95.7 Å². The van der Waals surface area contributed by atoms with Crippen LogP contribution in [-0.2, 0) is 22.6 Å². The van der Waals surface area contributed by atoms with Gasteiger partial charge in [0, 0.05) is 24.3 Å². The molecule has 1 aliphatic heterocycles. The number of carbonyl (C=O) groups is 3. The van der Waals surface area contributed by atoms with E-state index in [0.717, 1.165) is 16.0 Å². The molecule has 0 bridgehead atoms. The van der Waals surface area contributed by atoms with Crippen molar-refractivity contribution in [2.45, 2.75) is 13.0 Å². The van der Waals surface area contributed by atoms with E-state index >= 15 is 0 Å². The molecule has 0 aromatic heterocycles. The van der Waals surface area contributed by atoms with Crippen LogP contribution in [-0.4, -0.2) is 29.2 Å². The standard InChI is InChI=1S/C26H22ClN3O3/c27-22-23(26(33)30(25(22)32)16-15-18-7-3-1-4-8-18)29-21-13-11-20(12-14-21)24(31)28-17-19-9-5-2-6-10-19/h1-14,29H,15-17H2,(H,28,31). The molecule has 1 aliphatic rings. The molecule has 3 aromatic carbocycles. The second-order valence-corrected chi connectivity index (χ2v) is 7.94. The van der Waals surface area contributed by atoms with Crippen molar-refractivity contribution in [3.05, 3.63) is 112 Å². The highest BCUT2D eigenvalue weighted by Gasteiger charge is 2.37. The van der Waals surface area contributed by atoms with E-state index in [1.165, 1.54) is 0 Å². The molecule has 166 valence electrons. The predicted octanol–water partition coefficient (Wildman–Crippen LogP) is 4.09. The van der Waals surface area contributed by atoms with E-state index in [0.29, 0.717) is 24.2 Å². The zero-order chi connectivity index (χ0) is 23.2. The Kier molecular flexibility index (Phi) is 6.86. The van der Waals surface area contributed by atoms with Gasteiger partial charge < -0.3 is 10.6 Å². The van der Waals surface area contributed by atoms with E-state index in [-0.39, 0.29) is 23.2 Å². The van der Waals surface area contributed by atoms with Crippen LogP contribution in [0.2, 0.25) is 0 Å². The summed E-state index contributed by atoms with van der Waals surface area (Å²) in [6, 6.07) is 25.9. The van der Waals surface area contributed by atoms with Gasteiger partial charge in [-0.1, -0.05) is 72.3 Å². The highest BCUT2D eigenvalue weighted by molar-refractivity contribution is 6.48. The predicted molar refractivity (Wildman–Crippen MR) is 127 cm³/mol. The summed E-state index contributed by atoms with van der Waals surface area (Å²) < 4.78 is 0. The minimum atomic E-state index is -0.517. The minimum absolute atomic E-state index is 0.0380. The molecule has 0 fully saturated rings. The van der Waals surface area contributed by atoms with Gasteiger partial charge in [0.05, 0.1) is 0 Å². The fraction of sp³-hybridized carbons (Fsp3) is 0.115. The molecule has 2 N–H and O–H groups in total. The monoisotopic (exact) mass is 459 g/mol. The first kappa shape index (κ1) is 22.3. The zero-order valence-corrected chi connectivity index (χ0v) is 18.5. The Morgan fingerprint density at radius 3 is 2.03 bits per heavy atom. The second kappa shape index (κ2) is 10.1. The lowest BCUT2D eigenvalue weighted by atomic mass is 10.1. The van der Waals surface area contributed by atoms with Gasteiger partial charge in [-0.05, 0) is 41.8 Å². The van der Waals surface area contributed by atoms with Gasteiger partial charge in [-0.25, -0.2) is 0 Å². The van der Waals surface area contributed by atoms with Crippen molar-refractivity contribution in [3.8, 4) is 0 Å². The third-order valence-electron chi connectivity index (χ3n) is 5.29.